The van der Waals surface area contributed by atoms with Crippen LogP contribution in [-0.2, 0) is 15.6 Å². The Morgan fingerprint density at radius 1 is 0.765 bits per heavy atom. The fraction of sp³-hybridized carbons (Fsp3) is 0.812. The quantitative estimate of drug-likeness (QED) is 0.409. The molecule has 0 N–H and O–H groups in total. The Kier molecular flexibility index (Phi) is 4.51. The summed E-state index contributed by atoms with van der Waals surface area (Å²) in [7, 11) is 0. The molecule has 1 atom stereocenters. The molecule has 184 valence electrons. The van der Waals surface area contributed by atoms with Crippen LogP contribution in [0.2, 0.25) is 0 Å². The van der Waals surface area contributed by atoms with Crippen LogP contribution in [0.1, 0.15) is 114 Å². The standard InChI is InChI=1S/C32H44O2/c1-19(2)30-28(32-14-23-6-24(15-32)8-25(7-23)16-32)9-26(10-29(30)34-18-27-17-33-27)31-11-20-3-21(12-31)5-22(4-20)13-31/h9-10,19-25,27H,3-8,11-18H2,1-2H3. The summed E-state index contributed by atoms with van der Waals surface area (Å²) >= 11 is 0. The van der Waals surface area contributed by atoms with Gasteiger partial charge in [0.2, 0.25) is 0 Å². The van der Waals surface area contributed by atoms with E-state index in [0.29, 0.717) is 22.9 Å². The normalized spacial score (nSPS) is 47.6. The first-order valence-electron chi connectivity index (χ1n) is 14.9. The Morgan fingerprint density at radius 2 is 1.24 bits per heavy atom. The average Bonchev–Trinajstić information content (AvgIpc) is 3.60. The van der Waals surface area contributed by atoms with Crippen molar-refractivity contribution in [3.8, 4) is 5.75 Å². The van der Waals surface area contributed by atoms with Gasteiger partial charge in [-0.05, 0) is 146 Å². The lowest BCUT2D eigenvalue weighted by Gasteiger charge is -2.59. The van der Waals surface area contributed by atoms with E-state index in [-0.39, 0.29) is 0 Å². The molecule has 1 heterocycles. The molecule has 10 rings (SSSR count). The summed E-state index contributed by atoms with van der Waals surface area (Å²) in [5.74, 6) is 7.68. The molecule has 8 aliphatic carbocycles. The molecular formula is C32H44O2. The average molecular weight is 461 g/mol. The maximum absolute atomic E-state index is 6.71. The zero-order valence-electron chi connectivity index (χ0n) is 21.5. The summed E-state index contributed by atoms with van der Waals surface area (Å²) in [5.41, 5.74) is 5.88. The van der Waals surface area contributed by atoms with Crippen molar-refractivity contribution in [2.45, 2.75) is 114 Å². The second kappa shape index (κ2) is 7.27. The van der Waals surface area contributed by atoms with Crippen LogP contribution in [0.15, 0.2) is 12.1 Å². The van der Waals surface area contributed by atoms with E-state index in [1.165, 1.54) is 82.8 Å². The predicted octanol–water partition coefficient (Wildman–Crippen LogP) is 7.52. The number of hydrogen-bond acceptors (Lipinski definition) is 2. The van der Waals surface area contributed by atoms with Gasteiger partial charge in [-0.2, -0.15) is 0 Å². The van der Waals surface area contributed by atoms with Crippen LogP contribution < -0.4 is 4.74 Å². The lowest BCUT2D eigenvalue weighted by Crippen LogP contribution is -2.50. The maximum Gasteiger partial charge on any atom is 0.123 e. The largest absolute Gasteiger partial charge is 0.490 e. The number of hydrogen-bond donors (Lipinski definition) is 0. The summed E-state index contributed by atoms with van der Waals surface area (Å²) in [6.07, 6.45) is 18.2. The van der Waals surface area contributed by atoms with Gasteiger partial charge in [0.05, 0.1) is 6.61 Å². The van der Waals surface area contributed by atoms with Gasteiger partial charge in [-0.25, -0.2) is 0 Å². The highest BCUT2D eigenvalue weighted by Crippen LogP contribution is 2.64. The highest BCUT2D eigenvalue weighted by molar-refractivity contribution is 5.52. The fourth-order valence-electron chi connectivity index (χ4n) is 11.3. The molecule has 0 spiro atoms. The van der Waals surface area contributed by atoms with Gasteiger partial charge in [0.15, 0.2) is 0 Å². The first kappa shape index (κ1) is 21.1. The predicted molar refractivity (Wildman–Crippen MR) is 135 cm³/mol. The second-order valence-electron chi connectivity index (χ2n) is 14.8. The van der Waals surface area contributed by atoms with Crippen LogP contribution in [-0.4, -0.2) is 19.3 Å². The Balaban J connectivity index is 1.28. The first-order chi connectivity index (χ1) is 16.5. The van der Waals surface area contributed by atoms with E-state index in [2.05, 4.69) is 26.0 Å². The number of epoxide rings is 1. The number of rotatable bonds is 6. The second-order valence-corrected chi connectivity index (χ2v) is 14.8. The van der Waals surface area contributed by atoms with E-state index >= 15 is 0 Å². The van der Waals surface area contributed by atoms with Crippen molar-refractivity contribution in [3.63, 3.8) is 0 Å². The van der Waals surface area contributed by atoms with Gasteiger partial charge in [0.1, 0.15) is 18.5 Å². The molecule has 0 radical (unpaired) electrons. The van der Waals surface area contributed by atoms with Crippen molar-refractivity contribution in [2.75, 3.05) is 13.2 Å². The molecule has 1 aromatic carbocycles. The molecular weight excluding hydrogens is 416 g/mol. The molecule has 1 aromatic rings. The Morgan fingerprint density at radius 3 is 1.68 bits per heavy atom. The SMILES string of the molecule is CC(C)c1c(OCC2CO2)cc(C23CC4CC(CC(C4)C2)C3)cc1C12CC3CC(CC(C3)C1)C2. The molecule has 2 nitrogen and oxygen atoms in total. The van der Waals surface area contributed by atoms with Crippen molar-refractivity contribution >= 4 is 0 Å². The molecule has 1 saturated heterocycles. The molecule has 2 heteroatoms. The monoisotopic (exact) mass is 460 g/mol. The van der Waals surface area contributed by atoms with Gasteiger partial charge in [0.25, 0.3) is 0 Å². The highest BCUT2D eigenvalue weighted by atomic mass is 16.6. The topological polar surface area (TPSA) is 21.8 Å². The minimum atomic E-state index is 0.325. The summed E-state index contributed by atoms with van der Waals surface area (Å²) in [5, 5.41) is 0. The highest BCUT2D eigenvalue weighted by Gasteiger charge is 2.55. The zero-order valence-corrected chi connectivity index (χ0v) is 21.5. The van der Waals surface area contributed by atoms with Gasteiger partial charge in [-0.3, -0.25) is 0 Å². The zero-order chi connectivity index (χ0) is 22.7. The molecule has 1 aliphatic heterocycles. The molecule has 0 amide bonds. The number of ether oxygens (including phenoxy) is 2. The third kappa shape index (κ3) is 3.22. The van der Waals surface area contributed by atoms with Crippen LogP contribution in [0, 0.1) is 35.5 Å². The lowest BCUT2D eigenvalue weighted by molar-refractivity contribution is -0.00892. The summed E-state index contributed by atoms with van der Waals surface area (Å²) in [6.45, 7) is 6.46. The molecule has 8 saturated carbocycles. The van der Waals surface area contributed by atoms with Gasteiger partial charge in [0, 0.05) is 5.56 Å². The van der Waals surface area contributed by atoms with Gasteiger partial charge in [-0.15, -0.1) is 0 Å². The Hall–Kier alpha value is -1.02. The van der Waals surface area contributed by atoms with Crippen molar-refractivity contribution in [2.24, 2.45) is 35.5 Å². The lowest BCUT2D eigenvalue weighted by atomic mass is 9.46. The molecule has 9 aliphatic rings. The minimum absolute atomic E-state index is 0.325. The molecule has 8 bridgehead atoms. The van der Waals surface area contributed by atoms with E-state index < -0.39 is 0 Å². The van der Waals surface area contributed by atoms with E-state index in [9.17, 15) is 0 Å². The first-order valence-corrected chi connectivity index (χ1v) is 14.9. The summed E-state index contributed by atoms with van der Waals surface area (Å²) in [6, 6.07) is 5.38. The Bertz CT molecular complexity index is 914. The van der Waals surface area contributed by atoms with Gasteiger partial charge < -0.3 is 9.47 Å². The number of benzene rings is 1. The van der Waals surface area contributed by atoms with Crippen molar-refractivity contribution < 1.29 is 9.47 Å². The van der Waals surface area contributed by atoms with Crippen LogP contribution in [0.5, 0.6) is 5.75 Å². The van der Waals surface area contributed by atoms with Crippen LogP contribution >= 0.6 is 0 Å². The van der Waals surface area contributed by atoms with E-state index in [1.807, 2.05) is 0 Å². The summed E-state index contributed by atoms with van der Waals surface area (Å²) < 4.78 is 12.3. The Labute approximate surface area is 206 Å². The molecule has 34 heavy (non-hydrogen) atoms. The van der Waals surface area contributed by atoms with Crippen LogP contribution in [0.4, 0.5) is 0 Å². The van der Waals surface area contributed by atoms with E-state index in [1.54, 1.807) is 16.7 Å². The third-order valence-corrected chi connectivity index (χ3v) is 11.8. The third-order valence-electron chi connectivity index (χ3n) is 11.8. The van der Waals surface area contributed by atoms with Crippen LogP contribution in [0.3, 0.4) is 0 Å². The van der Waals surface area contributed by atoms with E-state index in [4.69, 9.17) is 9.47 Å². The molecule has 1 unspecified atom stereocenters. The van der Waals surface area contributed by atoms with E-state index in [0.717, 1.165) is 48.7 Å². The minimum Gasteiger partial charge on any atom is -0.490 e. The summed E-state index contributed by atoms with van der Waals surface area (Å²) in [4.78, 5) is 0. The van der Waals surface area contributed by atoms with Gasteiger partial charge >= 0.3 is 0 Å². The van der Waals surface area contributed by atoms with Crippen molar-refractivity contribution in [3.05, 3.63) is 28.8 Å². The molecule has 9 fully saturated rings. The van der Waals surface area contributed by atoms with Crippen molar-refractivity contribution in [1.29, 1.82) is 0 Å². The smallest absolute Gasteiger partial charge is 0.123 e. The molecule has 0 aromatic heterocycles. The maximum atomic E-state index is 6.71. The van der Waals surface area contributed by atoms with Crippen LogP contribution in [0.25, 0.3) is 0 Å². The van der Waals surface area contributed by atoms with Gasteiger partial charge in [-0.1, -0.05) is 19.9 Å². The van der Waals surface area contributed by atoms with Crippen molar-refractivity contribution in [1.82, 2.24) is 0 Å². The fourth-order valence-corrected chi connectivity index (χ4v) is 11.3.